The zero-order valence-electron chi connectivity index (χ0n) is 18.8. The fraction of sp³-hybridized carbons (Fsp3) is 0.321. The molecule has 4 rings (SSSR count). The number of benzene rings is 3. The minimum atomic E-state index is -0.805. The molecule has 1 aliphatic rings. The van der Waals surface area contributed by atoms with Crippen LogP contribution in [0.1, 0.15) is 47.1 Å². The molecule has 0 aliphatic heterocycles. The molecule has 1 radical (unpaired) electrons. The second kappa shape index (κ2) is 9.90. The van der Waals surface area contributed by atoms with Crippen molar-refractivity contribution < 1.29 is 14.6 Å². The van der Waals surface area contributed by atoms with Gasteiger partial charge in [0.25, 0.3) is 0 Å². The number of hydrogen-bond acceptors (Lipinski definition) is 3. The lowest BCUT2D eigenvalue weighted by Crippen LogP contribution is -2.25. The minimum absolute atomic E-state index is 0.0543. The summed E-state index contributed by atoms with van der Waals surface area (Å²) in [5.74, 6) is 0.531. The van der Waals surface area contributed by atoms with Crippen LogP contribution in [0.3, 0.4) is 0 Å². The number of fused-ring (bicyclic) bond motifs is 1. The van der Waals surface area contributed by atoms with Gasteiger partial charge in [-0.05, 0) is 72.1 Å². The summed E-state index contributed by atoms with van der Waals surface area (Å²) in [6.45, 7) is 3.81. The highest BCUT2D eigenvalue weighted by Crippen LogP contribution is 2.39. The second-order valence-corrected chi connectivity index (χ2v) is 8.46. The molecular weight excluding hydrogens is 398 g/mol. The normalized spacial score (nSPS) is 15.1. The van der Waals surface area contributed by atoms with Crippen LogP contribution in [0.15, 0.2) is 60.7 Å². The highest BCUT2D eigenvalue weighted by molar-refractivity contribution is 5.70. The summed E-state index contributed by atoms with van der Waals surface area (Å²) in [7, 11) is 1.71. The van der Waals surface area contributed by atoms with Crippen LogP contribution in [0.5, 0.6) is 5.75 Å². The lowest BCUT2D eigenvalue weighted by Gasteiger charge is -2.32. The third-order valence-electron chi connectivity index (χ3n) is 6.43. The maximum absolute atomic E-state index is 11.0. The second-order valence-electron chi connectivity index (χ2n) is 8.46. The number of methoxy groups -OCH3 is 1. The average molecular weight is 429 g/mol. The summed E-state index contributed by atoms with van der Waals surface area (Å²) in [5, 5.41) is 9.01. The van der Waals surface area contributed by atoms with Gasteiger partial charge >= 0.3 is 5.97 Å². The Balaban J connectivity index is 1.61. The first-order valence-corrected chi connectivity index (χ1v) is 11.3. The third kappa shape index (κ3) is 4.96. The van der Waals surface area contributed by atoms with E-state index in [0.29, 0.717) is 5.92 Å². The number of aliphatic carboxylic acids is 1. The van der Waals surface area contributed by atoms with Gasteiger partial charge in [-0.2, -0.15) is 0 Å². The van der Waals surface area contributed by atoms with Gasteiger partial charge in [-0.1, -0.05) is 48.5 Å². The SMILES string of the molecule is CCN(Cc1ccc(CC(=O)O)cc1)c1cc(OC)ccc1[C@H]1CCc2c[c]ccc2C1. The van der Waals surface area contributed by atoms with Crippen molar-refractivity contribution in [2.24, 2.45) is 0 Å². The predicted octanol–water partition coefficient (Wildman–Crippen LogP) is 5.42. The van der Waals surface area contributed by atoms with Crippen molar-refractivity contribution in [1.82, 2.24) is 0 Å². The van der Waals surface area contributed by atoms with Gasteiger partial charge in [0.15, 0.2) is 0 Å². The van der Waals surface area contributed by atoms with Gasteiger partial charge in [0, 0.05) is 24.8 Å². The molecule has 4 nitrogen and oxygen atoms in total. The summed E-state index contributed by atoms with van der Waals surface area (Å²) in [6, 6.07) is 23.9. The summed E-state index contributed by atoms with van der Waals surface area (Å²) >= 11 is 0. The van der Waals surface area contributed by atoms with Crippen LogP contribution in [0, 0.1) is 6.07 Å². The average Bonchev–Trinajstić information content (AvgIpc) is 2.82. The Morgan fingerprint density at radius 1 is 1.12 bits per heavy atom. The number of nitrogens with zero attached hydrogens (tertiary/aromatic N) is 1. The Morgan fingerprint density at radius 2 is 1.91 bits per heavy atom. The van der Waals surface area contributed by atoms with E-state index in [-0.39, 0.29) is 6.42 Å². The van der Waals surface area contributed by atoms with Crippen LogP contribution >= 0.6 is 0 Å². The highest BCUT2D eigenvalue weighted by atomic mass is 16.5. The monoisotopic (exact) mass is 428 g/mol. The highest BCUT2D eigenvalue weighted by Gasteiger charge is 2.24. The van der Waals surface area contributed by atoms with E-state index in [1.807, 2.05) is 30.3 Å². The number of anilines is 1. The van der Waals surface area contributed by atoms with E-state index >= 15 is 0 Å². The third-order valence-corrected chi connectivity index (χ3v) is 6.43. The molecule has 165 valence electrons. The molecule has 0 fully saturated rings. The molecular formula is C28H30NO3. The summed E-state index contributed by atoms with van der Waals surface area (Å²) in [6.07, 6.45) is 3.31. The standard InChI is InChI=1S/C28H30NO3/c1-3-29(19-21-10-8-20(9-11-21)16-28(30)31)27-18-25(32-2)14-15-26(27)24-13-12-22-6-4-5-7-23(22)17-24/h5-11,14-15,18,24H,3,12-13,16-17,19H2,1-2H3,(H,30,31)/t24-/m0/s1. The van der Waals surface area contributed by atoms with E-state index in [0.717, 1.165) is 43.7 Å². The van der Waals surface area contributed by atoms with Crippen molar-refractivity contribution in [3.05, 3.63) is 94.5 Å². The Bertz CT molecular complexity index is 1070. The topological polar surface area (TPSA) is 49.8 Å². The Morgan fingerprint density at radius 3 is 2.62 bits per heavy atom. The van der Waals surface area contributed by atoms with Crippen LogP contribution in [-0.2, 0) is 30.6 Å². The molecule has 1 N–H and O–H groups in total. The van der Waals surface area contributed by atoms with Gasteiger partial charge in [0.05, 0.1) is 13.5 Å². The number of carboxylic acids is 1. The van der Waals surface area contributed by atoms with Gasteiger partial charge in [0.1, 0.15) is 5.75 Å². The lowest BCUT2D eigenvalue weighted by molar-refractivity contribution is -0.136. The molecule has 1 aliphatic carbocycles. The van der Waals surface area contributed by atoms with Gasteiger partial charge < -0.3 is 14.7 Å². The van der Waals surface area contributed by atoms with Crippen molar-refractivity contribution in [2.75, 3.05) is 18.6 Å². The van der Waals surface area contributed by atoms with E-state index in [1.54, 1.807) is 7.11 Å². The summed E-state index contributed by atoms with van der Waals surface area (Å²) in [4.78, 5) is 13.4. The van der Waals surface area contributed by atoms with Crippen molar-refractivity contribution in [3.8, 4) is 5.75 Å². The molecule has 0 spiro atoms. The first kappa shape index (κ1) is 21.9. The maximum Gasteiger partial charge on any atom is 0.307 e. The number of hydrogen-bond donors (Lipinski definition) is 1. The lowest BCUT2D eigenvalue weighted by atomic mass is 9.79. The smallest absolute Gasteiger partial charge is 0.307 e. The van der Waals surface area contributed by atoms with Crippen LogP contribution in [0.4, 0.5) is 5.69 Å². The number of rotatable bonds is 8. The zero-order chi connectivity index (χ0) is 22.5. The molecule has 0 unspecified atom stereocenters. The molecule has 32 heavy (non-hydrogen) atoms. The number of aryl methyl sites for hydroxylation is 1. The molecule has 0 amide bonds. The molecule has 0 bridgehead atoms. The molecule has 4 heteroatoms. The predicted molar refractivity (Wildman–Crippen MR) is 128 cm³/mol. The molecule has 0 aromatic heterocycles. The van der Waals surface area contributed by atoms with Crippen LogP contribution in [0.25, 0.3) is 0 Å². The van der Waals surface area contributed by atoms with E-state index in [1.165, 1.54) is 27.9 Å². The van der Waals surface area contributed by atoms with Crippen LogP contribution < -0.4 is 9.64 Å². The van der Waals surface area contributed by atoms with E-state index < -0.39 is 5.97 Å². The number of ether oxygens (including phenoxy) is 1. The van der Waals surface area contributed by atoms with Gasteiger partial charge in [0.2, 0.25) is 0 Å². The van der Waals surface area contributed by atoms with Crippen LogP contribution in [0.2, 0.25) is 0 Å². The molecule has 0 saturated carbocycles. The molecule has 0 heterocycles. The van der Waals surface area contributed by atoms with E-state index in [9.17, 15) is 4.79 Å². The number of carbonyl (C=O) groups is 1. The molecule has 3 aromatic carbocycles. The molecule has 3 aromatic rings. The number of carboxylic acid groups (broad SMARTS) is 1. The quantitative estimate of drug-likeness (QED) is 0.520. The van der Waals surface area contributed by atoms with Crippen molar-refractivity contribution >= 4 is 11.7 Å². The van der Waals surface area contributed by atoms with E-state index in [2.05, 4.69) is 48.2 Å². The fourth-order valence-electron chi connectivity index (χ4n) is 4.69. The Labute approximate surface area is 190 Å². The van der Waals surface area contributed by atoms with Crippen LogP contribution in [-0.4, -0.2) is 24.7 Å². The Kier molecular flexibility index (Phi) is 6.79. The van der Waals surface area contributed by atoms with Crippen molar-refractivity contribution in [2.45, 2.75) is 45.1 Å². The molecule has 0 saturated heterocycles. The fourth-order valence-corrected chi connectivity index (χ4v) is 4.69. The Hall–Kier alpha value is -3.27. The van der Waals surface area contributed by atoms with Gasteiger partial charge in [-0.3, -0.25) is 4.79 Å². The summed E-state index contributed by atoms with van der Waals surface area (Å²) < 4.78 is 5.56. The van der Waals surface area contributed by atoms with E-state index in [4.69, 9.17) is 9.84 Å². The first-order valence-electron chi connectivity index (χ1n) is 11.3. The molecule has 1 atom stereocenters. The van der Waals surface area contributed by atoms with Gasteiger partial charge in [-0.15, -0.1) is 0 Å². The largest absolute Gasteiger partial charge is 0.497 e. The zero-order valence-corrected chi connectivity index (χ0v) is 18.8. The van der Waals surface area contributed by atoms with Crippen molar-refractivity contribution in [1.29, 1.82) is 0 Å². The minimum Gasteiger partial charge on any atom is -0.497 e. The first-order chi connectivity index (χ1) is 15.6. The summed E-state index contributed by atoms with van der Waals surface area (Å²) in [5.41, 5.74) is 7.43. The van der Waals surface area contributed by atoms with Crippen molar-refractivity contribution in [3.63, 3.8) is 0 Å². The maximum atomic E-state index is 11.0. The van der Waals surface area contributed by atoms with Gasteiger partial charge in [-0.25, -0.2) is 0 Å².